The van der Waals surface area contributed by atoms with Crippen LogP contribution in [0.25, 0.3) is 0 Å². The summed E-state index contributed by atoms with van der Waals surface area (Å²) in [7, 11) is -3.20. The lowest BCUT2D eigenvalue weighted by molar-refractivity contribution is -0.117. The second-order valence-corrected chi connectivity index (χ2v) is 7.68. The third-order valence-electron chi connectivity index (χ3n) is 3.34. The third-order valence-corrected chi connectivity index (χ3v) is 5.58. The van der Waals surface area contributed by atoms with Crippen molar-refractivity contribution in [3.8, 4) is 0 Å². The highest BCUT2D eigenvalue weighted by molar-refractivity contribution is 9.10. The molecule has 1 aromatic rings. The van der Waals surface area contributed by atoms with Crippen LogP contribution in [0, 0.1) is 5.82 Å². The summed E-state index contributed by atoms with van der Waals surface area (Å²) < 4.78 is 37.0. The van der Waals surface area contributed by atoms with Crippen molar-refractivity contribution in [2.45, 2.75) is 6.04 Å². The number of nitrogens with one attached hydrogen (secondary N) is 1. The zero-order valence-electron chi connectivity index (χ0n) is 9.69. The number of benzene rings is 1. The quantitative estimate of drug-likeness (QED) is 0.763. The second kappa shape index (κ2) is 4.17. The maximum atomic E-state index is 13.5. The van der Waals surface area contributed by atoms with E-state index in [1.807, 2.05) is 0 Å². The Morgan fingerprint density at radius 2 is 2.16 bits per heavy atom. The molecule has 2 heterocycles. The fourth-order valence-electron chi connectivity index (χ4n) is 2.40. The minimum absolute atomic E-state index is 0.00517. The van der Waals surface area contributed by atoms with E-state index >= 15 is 0 Å². The SMILES string of the molecule is O=C1Nc2cc(F)c(Br)cc2N2CCS(=O)(=O)CC12. The first-order valence-electron chi connectivity index (χ1n) is 5.64. The van der Waals surface area contributed by atoms with Crippen molar-refractivity contribution in [1.29, 1.82) is 0 Å². The van der Waals surface area contributed by atoms with Crippen molar-refractivity contribution in [2.75, 3.05) is 28.3 Å². The summed E-state index contributed by atoms with van der Waals surface area (Å²) in [6.45, 7) is 0.242. The van der Waals surface area contributed by atoms with Gasteiger partial charge in [-0.25, -0.2) is 12.8 Å². The van der Waals surface area contributed by atoms with Crippen LogP contribution in [0.4, 0.5) is 15.8 Å². The van der Waals surface area contributed by atoms with Gasteiger partial charge in [0, 0.05) is 12.6 Å². The summed E-state index contributed by atoms with van der Waals surface area (Å²) in [5.41, 5.74) is 1.02. The Morgan fingerprint density at radius 3 is 2.89 bits per heavy atom. The standard InChI is InChI=1S/C11H10BrFN2O3S/c12-6-3-9-8(4-7(6)13)14-11(16)10-5-19(17,18)2-1-15(9)10/h3-4,10H,1-2,5H2,(H,14,16). The van der Waals surface area contributed by atoms with Crippen LogP contribution >= 0.6 is 15.9 Å². The van der Waals surface area contributed by atoms with E-state index in [2.05, 4.69) is 21.2 Å². The Kier molecular flexibility index (Phi) is 2.82. The Morgan fingerprint density at radius 1 is 1.42 bits per heavy atom. The first-order valence-corrected chi connectivity index (χ1v) is 8.26. The van der Waals surface area contributed by atoms with E-state index in [9.17, 15) is 17.6 Å². The lowest BCUT2D eigenvalue weighted by Gasteiger charge is -2.40. The Labute approximate surface area is 117 Å². The number of carbonyl (C=O) groups excluding carboxylic acids is 1. The number of rotatable bonds is 0. The molecule has 2 aliphatic heterocycles. The molecule has 0 spiro atoms. The van der Waals surface area contributed by atoms with Gasteiger partial charge in [0.15, 0.2) is 9.84 Å². The fraction of sp³-hybridized carbons (Fsp3) is 0.364. The van der Waals surface area contributed by atoms with Crippen molar-refractivity contribution in [3.05, 3.63) is 22.4 Å². The molecule has 1 aromatic carbocycles. The molecule has 19 heavy (non-hydrogen) atoms. The lowest BCUT2D eigenvalue weighted by atomic mass is 10.1. The fourth-order valence-corrected chi connectivity index (χ4v) is 4.19. The summed E-state index contributed by atoms with van der Waals surface area (Å²) in [5, 5.41) is 2.56. The predicted octanol–water partition coefficient (Wildman–Crippen LogP) is 1.14. The van der Waals surface area contributed by atoms with Crippen molar-refractivity contribution in [1.82, 2.24) is 0 Å². The average Bonchev–Trinajstić information content (AvgIpc) is 2.32. The van der Waals surface area contributed by atoms with Gasteiger partial charge in [-0.15, -0.1) is 0 Å². The molecule has 1 atom stereocenters. The first-order chi connectivity index (χ1) is 8.87. The summed E-state index contributed by atoms with van der Waals surface area (Å²) in [6.07, 6.45) is 0. The predicted molar refractivity (Wildman–Crippen MR) is 72.5 cm³/mol. The van der Waals surface area contributed by atoms with Gasteiger partial charge < -0.3 is 10.2 Å². The molecule has 0 saturated carbocycles. The van der Waals surface area contributed by atoms with Crippen LogP contribution in [0.15, 0.2) is 16.6 Å². The van der Waals surface area contributed by atoms with E-state index in [-0.39, 0.29) is 22.5 Å². The number of carbonyl (C=O) groups is 1. The number of halogens is 2. The van der Waals surface area contributed by atoms with Crippen molar-refractivity contribution < 1.29 is 17.6 Å². The minimum atomic E-state index is -3.20. The number of amides is 1. The van der Waals surface area contributed by atoms with Crippen LogP contribution in [-0.2, 0) is 14.6 Å². The largest absolute Gasteiger partial charge is 0.356 e. The van der Waals surface area contributed by atoms with Crippen LogP contribution < -0.4 is 10.2 Å². The Bertz CT molecular complexity index is 677. The molecule has 8 heteroatoms. The van der Waals surface area contributed by atoms with E-state index in [4.69, 9.17) is 0 Å². The third kappa shape index (κ3) is 2.12. The van der Waals surface area contributed by atoms with Gasteiger partial charge in [0.2, 0.25) is 5.91 Å². The van der Waals surface area contributed by atoms with E-state index in [1.165, 1.54) is 6.07 Å². The maximum Gasteiger partial charge on any atom is 0.248 e. The molecule has 102 valence electrons. The zero-order valence-corrected chi connectivity index (χ0v) is 12.1. The van der Waals surface area contributed by atoms with Crippen molar-refractivity contribution >= 4 is 43.0 Å². The molecule has 0 aliphatic carbocycles. The molecular formula is C11H10BrFN2O3S. The van der Waals surface area contributed by atoms with Crippen LogP contribution in [0.1, 0.15) is 0 Å². The van der Waals surface area contributed by atoms with E-state index in [1.54, 1.807) is 11.0 Å². The smallest absolute Gasteiger partial charge is 0.248 e. The first kappa shape index (κ1) is 12.9. The Hall–Kier alpha value is -1.15. The molecule has 1 amide bonds. The maximum absolute atomic E-state index is 13.5. The van der Waals surface area contributed by atoms with Crippen LogP contribution in [-0.4, -0.2) is 38.4 Å². The van der Waals surface area contributed by atoms with Gasteiger partial charge in [0.05, 0.1) is 27.4 Å². The molecule has 0 aromatic heterocycles. The van der Waals surface area contributed by atoms with Gasteiger partial charge in [-0.2, -0.15) is 0 Å². The topological polar surface area (TPSA) is 66.5 Å². The van der Waals surface area contributed by atoms with Gasteiger partial charge in [0.1, 0.15) is 11.9 Å². The number of sulfone groups is 1. The van der Waals surface area contributed by atoms with Gasteiger partial charge >= 0.3 is 0 Å². The molecular weight excluding hydrogens is 339 g/mol. The molecule has 0 radical (unpaired) electrons. The van der Waals surface area contributed by atoms with E-state index < -0.39 is 27.6 Å². The summed E-state index contributed by atoms with van der Waals surface area (Å²) in [4.78, 5) is 13.6. The highest BCUT2D eigenvalue weighted by Gasteiger charge is 2.40. The lowest BCUT2D eigenvalue weighted by Crippen LogP contribution is -2.56. The van der Waals surface area contributed by atoms with Crippen LogP contribution in [0.5, 0.6) is 0 Å². The average molecular weight is 349 g/mol. The summed E-state index contributed by atoms with van der Waals surface area (Å²) in [5.74, 6) is -1.07. The van der Waals surface area contributed by atoms with Gasteiger partial charge in [0.25, 0.3) is 0 Å². The molecule has 1 fully saturated rings. The minimum Gasteiger partial charge on any atom is -0.356 e. The zero-order chi connectivity index (χ0) is 13.8. The molecule has 2 aliphatic rings. The molecule has 5 nitrogen and oxygen atoms in total. The Balaban J connectivity index is 2.09. The number of anilines is 2. The number of nitrogens with zero attached hydrogens (tertiary/aromatic N) is 1. The van der Waals surface area contributed by atoms with Crippen LogP contribution in [0.2, 0.25) is 0 Å². The van der Waals surface area contributed by atoms with Crippen molar-refractivity contribution in [2.24, 2.45) is 0 Å². The summed E-state index contributed by atoms with van der Waals surface area (Å²) in [6, 6.07) is 2.06. The van der Waals surface area contributed by atoms with Crippen molar-refractivity contribution in [3.63, 3.8) is 0 Å². The number of hydrogen-bond acceptors (Lipinski definition) is 4. The molecule has 0 bridgehead atoms. The monoisotopic (exact) mass is 348 g/mol. The van der Waals surface area contributed by atoms with E-state index in [0.29, 0.717) is 11.4 Å². The number of fused-ring (bicyclic) bond motifs is 3. The number of hydrogen-bond donors (Lipinski definition) is 1. The highest BCUT2D eigenvalue weighted by Crippen LogP contribution is 2.37. The second-order valence-electron chi connectivity index (χ2n) is 4.60. The normalized spacial score (nSPS) is 24.4. The summed E-state index contributed by atoms with van der Waals surface area (Å²) >= 11 is 3.10. The van der Waals surface area contributed by atoms with Gasteiger partial charge in [-0.1, -0.05) is 0 Å². The van der Waals surface area contributed by atoms with Crippen LogP contribution in [0.3, 0.4) is 0 Å². The molecule has 1 saturated heterocycles. The van der Waals surface area contributed by atoms with Gasteiger partial charge in [-0.05, 0) is 22.0 Å². The molecule has 1 unspecified atom stereocenters. The van der Waals surface area contributed by atoms with Gasteiger partial charge in [-0.3, -0.25) is 4.79 Å². The molecule has 1 N–H and O–H groups in total. The molecule has 3 rings (SSSR count). The highest BCUT2D eigenvalue weighted by atomic mass is 79.9. The van der Waals surface area contributed by atoms with E-state index in [0.717, 1.165) is 0 Å².